The molecule has 0 fully saturated rings. The number of benzene rings is 1. The first-order chi connectivity index (χ1) is 5.75. The lowest BCUT2D eigenvalue weighted by Gasteiger charge is -2.10. The molecule has 3 N–H and O–H groups in total. The van der Waals surface area contributed by atoms with Gasteiger partial charge in [-0.05, 0) is 5.56 Å². The summed E-state index contributed by atoms with van der Waals surface area (Å²) in [6, 6.07) is 9.12. The predicted molar refractivity (Wildman–Crippen MR) is 48.2 cm³/mol. The fourth-order valence-electron chi connectivity index (χ4n) is 0.939. The Hall–Kier alpha value is -1.35. The van der Waals surface area contributed by atoms with Crippen molar-refractivity contribution in [2.45, 2.75) is 6.10 Å². The Morgan fingerprint density at radius 3 is 2.50 bits per heavy atom. The molecule has 0 radical (unpaired) electrons. The summed E-state index contributed by atoms with van der Waals surface area (Å²) in [6.45, 7) is 0. The van der Waals surface area contributed by atoms with E-state index in [2.05, 4.69) is 5.32 Å². The van der Waals surface area contributed by atoms with E-state index in [0.29, 0.717) is 0 Å². The summed E-state index contributed by atoms with van der Waals surface area (Å²) in [5.41, 5.74) is 0.733. The topological polar surface area (TPSA) is 56.1 Å². The smallest absolute Gasteiger partial charge is 0.136 e. The number of hydrogen-bond donors (Lipinski definition) is 3. The van der Waals surface area contributed by atoms with Crippen molar-refractivity contribution in [1.82, 2.24) is 5.32 Å². The first-order valence-corrected chi connectivity index (χ1v) is 3.75. The lowest BCUT2D eigenvalue weighted by atomic mass is 10.1. The zero-order chi connectivity index (χ0) is 8.97. The van der Waals surface area contributed by atoms with Crippen molar-refractivity contribution in [2.24, 2.45) is 0 Å². The van der Waals surface area contributed by atoms with E-state index in [4.69, 9.17) is 5.41 Å². The summed E-state index contributed by atoms with van der Waals surface area (Å²) < 4.78 is 0. The SMILES string of the molecule is CNC(=N)C(O)c1ccccc1. The molecule has 0 aliphatic carbocycles. The van der Waals surface area contributed by atoms with E-state index in [-0.39, 0.29) is 5.84 Å². The van der Waals surface area contributed by atoms with Crippen LogP contribution in [0.15, 0.2) is 30.3 Å². The fraction of sp³-hybridized carbons (Fsp3) is 0.222. The van der Waals surface area contributed by atoms with Crippen LogP contribution in [-0.2, 0) is 0 Å². The molecule has 1 unspecified atom stereocenters. The molecule has 0 aliphatic heterocycles. The lowest BCUT2D eigenvalue weighted by molar-refractivity contribution is 0.242. The Balaban J connectivity index is 2.78. The van der Waals surface area contributed by atoms with Crippen molar-refractivity contribution in [3.05, 3.63) is 35.9 Å². The van der Waals surface area contributed by atoms with Gasteiger partial charge in [0.15, 0.2) is 0 Å². The number of aliphatic hydroxyl groups is 1. The molecule has 0 bridgehead atoms. The Morgan fingerprint density at radius 1 is 1.42 bits per heavy atom. The van der Waals surface area contributed by atoms with Crippen LogP contribution in [0.2, 0.25) is 0 Å². The summed E-state index contributed by atoms with van der Waals surface area (Å²) in [5.74, 6) is 0.112. The number of likely N-dealkylation sites (N-methyl/N-ethyl adjacent to an activating group) is 1. The average Bonchev–Trinajstić information content (AvgIpc) is 2.17. The molecule has 0 saturated heterocycles. The monoisotopic (exact) mass is 164 g/mol. The third-order valence-corrected chi connectivity index (χ3v) is 1.66. The van der Waals surface area contributed by atoms with Gasteiger partial charge >= 0.3 is 0 Å². The van der Waals surface area contributed by atoms with Crippen LogP contribution in [0.25, 0.3) is 0 Å². The summed E-state index contributed by atoms with van der Waals surface area (Å²) in [5, 5.41) is 19.4. The highest BCUT2D eigenvalue weighted by molar-refractivity contribution is 5.84. The minimum Gasteiger partial charge on any atom is -0.380 e. The molecule has 0 aromatic heterocycles. The number of amidine groups is 1. The quantitative estimate of drug-likeness (QED) is 0.449. The van der Waals surface area contributed by atoms with Crippen LogP contribution in [0, 0.1) is 5.41 Å². The minimum atomic E-state index is -0.837. The molecule has 1 aromatic rings. The number of nitrogens with one attached hydrogen (secondary N) is 2. The van der Waals surface area contributed by atoms with Gasteiger partial charge in [-0.25, -0.2) is 0 Å². The van der Waals surface area contributed by atoms with Crippen LogP contribution < -0.4 is 5.32 Å². The Bertz CT molecular complexity index is 258. The third kappa shape index (κ3) is 1.83. The zero-order valence-corrected chi connectivity index (χ0v) is 6.91. The summed E-state index contributed by atoms with van der Waals surface area (Å²) in [4.78, 5) is 0. The molecule has 64 valence electrons. The van der Waals surface area contributed by atoms with Gasteiger partial charge in [0.25, 0.3) is 0 Å². The van der Waals surface area contributed by atoms with Crippen LogP contribution in [0.1, 0.15) is 11.7 Å². The lowest BCUT2D eigenvalue weighted by Crippen LogP contribution is -2.24. The number of hydrogen-bond acceptors (Lipinski definition) is 2. The van der Waals surface area contributed by atoms with Crippen LogP contribution in [0.3, 0.4) is 0 Å². The molecule has 0 saturated carbocycles. The van der Waals surface area contributed by atoms with E-state index < -0.39 is 6.10 Å². The van der Waals surface area contributed by atoms with Crippen molar-refractivity contribution < 1.29 is 5.11 Å². The molecule has 3 heteroatoms. The molecule has 3 nitrogen and oxygen atoms in total. The molecule has 0 amide bonds. The van der Waals surface area contributed by atoms with E-state index >= 15 is 0 Å². The van der Waals surface area contributed by atoms with Gasteiger partial charge in [-0.1, -0.05) is 30.3 Å². The highest BCUT2D eigenvalue weighted by atomic mass is 16.3. The van der Waals surface area contributed by atoms with E-state index in [9.17, 15) is 5.11 Å². The largest absolute Gasteiger partial charge is 0.380 e. The van der Waals surface area contributed by atoms with Crippen LogP contribution in [0.5, 0.6) is 0 Å². The van der Waals surface area contributed by atoms with Crippen molar-refractivity contribution >= 4 is 5.84 Å². The van der Waals surface area contributed by atoms with Gasteiger partial charge in [-0.3, -0.25) is 5.41 Å². The molecule has 0 spiro atoms. The van der Waals surface area contributed by atoms with Crippen LogP contribution in [-0.4, -0.2) is 18.0 Å². The van der Waals surface area contributed by atoms with Crippen molar-refractivity contribution in [3.8, 4) is 0 Å². The van der Waals surface area contributed by atoms with E-state index in [1.165, 1.54) is 0 Å². The maximum Gasteiger partial charge on any atom is 0.136 e. The molecule has 1 rings (SSSR count). The zero-order valence-electron chi connectivity index (χ0n) is 6.91. The van der Waals surface area contributed by atoms with Gasteiger partial charge < -0.3 is 10.4 Å². The van der Waals surface area contributed by atoms with Gasteiger partial charge in [0.05, 0.1) is 0 Å². The van der Waals surface area contributed by atoms with Gasteiger partial charge in [-0.2, -0.15) is 0 Å². The third-order valence-electron chi connectivity index (χ3n) is 1.66. The Labute approximate surface area is 71.6 Å². The summed E-state index contributed by atoms with van der Waals surface area (Å²) in [7, 11) is 1.62. The van der Waals surface area contributed by atoms with Gasteiger partial charge in [-0.15, -0.1) is 0 Å². The highest BCUT2D eigenvalue weighted by Crippen LogP contribution is 2.11. The van der Waals surface area contributed by atoms with E-state index in [1.807, 2.05) is 18.2 Å². The second-order valence-electron chi connectivity index (χ2n) is 2.48. The first-order valence-electron chi connectivity index (χ1n) is 3.75. The van der Waals surface area contributed by atoms with E-state index in [1.54, 1.807) is 19.2 Å². The molecule has 1 aromatic carbocycles. The maximum absolute atomic E-state index is 9.50. The van der Waals surface area contributed by atoms with Gasteiger partial charge in [0.2, 0.25) is 0 Å². The first kappa shape index (κ1) is 8.74. The normalized spacial score (nSPS) is 12.2. The molecular weight excluding hydrogens is 152 g/mol. The summed E-state index contributed by atoms with van der Waals surface area (Å²) in [6.07, 6.45) is -0.837. The van der Waals surface area contributed by atoms with Crippen LogP contribution in [0.4, 0.5) is 0 Å². The van der Waals surface area contributed by atoms with Crippen molar-refractivity contribution in [1.29, 1.82) is 5.41 Å². The minimum absolute atomic E-state index is 0.112. The van der Waals surface area contributed by atoms with Crippen LogP contribution >= 0.6 is 0 Å². The molecule has 0 heterocycles. The standard InChI is InChI=1S/C9H12N2O/c1-11-9(10)8(12)7-5-3-2-4-6-7/h2-6,8,12H,1H3,(H2,10,11). The number of rotatable bonds is 2. The van der Waals surface area contributed by atoms with Crippen molar-refractivity contribution in [2.75, 3.05) is 7.05 Å². The Morgan fingerprint density at radius 2 is 2.00 bits per heavy atom. The molecule has 1 atom stereocenters. The second kappa shape index (κ2) is 3.88. The van der Waals surface area contributed by atoms with Crippen molar-refractivity contribution in [3.63, 3.8) is 0 Å². The molecule has 12 heavy (non-hydrogen) atoms. The second-order valence-corrected chi connectivity index (χ2v) is 2.48. The summed E-state index contributed by atoms with van der Waals surface area (Å²) >= 11 is 0. The highest BCUT2D eigenvalue weighted by Gasteiger charge is 2.10. The van der Waals surface area contributed by atoms with Gasteiger partial charge in [0.1, 0.15) is 11.9 Å². The van der Waals surface area contributed by atoms with Gasteiger partial charge in [0, 0.05) is 7.05 Å². The fourth-order valence-corrected chi connectivity index (χ4v) is 0.939. The molecular formula is C9H12N2O. The maximum atomic E-state index is 9.50. The number of aliphatic hydroxyl groups excluding tert-OH is 1. The van der Waals surface area contributed by atoms with E-state index in [0.717, 1.165) is 5.56 Å². The molecule has 0 aliphatic rings. The Kier molecular flexibility index (Phi) is 2.82. The average molecular weight is 164 g/mol. The predicted octanol–water partition coefficient (Wildman–Crippen LogP) is 0.917.